The third-order valence-electron chi connectivity index (χ3n) is 7.20. The summed E-state index contributed by atoms with van der Waals surface area (Å²) in [5.41, 5.74) is -6.41. The maximum absolute atomic E-state index is 15.0. The second-order valence-electron chi connectivity index (χ2n) is 10.4. The van der Waals surface area contributed by atoms with Crippen LogP contribution in [0.1, 0.15) is 77.1 Å². The Kier molecular flexibility index (Phi) is 6.23. The summed E-state index contributed by atoms with van der Waals surface area (Å²) in [6.45, 7) is -8.36. The van der Waals surface area contributed by atoms with Crippen molar-refractivity contribution in [2.24, 2.45) is 0 Å². The van der Waals surface area contributed by atoms with Crippen molar-refractivity contribution in [3.8, 4) is 11.1 Å². The first-order valence-electron chi connectivity index (χ1n) is 23.2. The Morgan fingerprint density at radius 1 is 1.00 bits per heavy atom. The van der Waals surface area contributed by atoms with Crippen molar-refractivity contribution in [3.63, 3.8) is 0 Å². The molecule has 1 aliphatic carbocycles. The van der Waals surface area contributed by atoms with Gasteiger partial charge in [0, 0.05) is 39.2 Å². The van der Waals surface area contributed by atoms with Crippen LogP contribution in [0.5, 0.6) is 0 Å². The third-order valence-corrected chi connectivity index (χ3v) is 8.20. The largest absolute Gasteiger partial charge is 0.416 e. The maximum atomic E-state index is 15.0. The van der Waals surface area contributed by atoms with E-state index in [1.54, 1.807) is 0 Å². The molecular formula is C37H40F4N4O2S. The molecule has 0 aliphatic heterocycles. The first-order chi connectivity index (χ1) is 29.9. The molecule has 1 heterocycles. The van der Waals surface area contributed by atoms with Crippen LogP contribution in [-0.4, -0.2) is 51.3 Å². The van der Waals surface area contributed by atoms with E-state index in [1.807, 2.05) is 0 Å². The summed E-state index contributed by atoms with van der Waals surface area (Å²) in [4.78, 5) is 33.0. The van der Waals surface area contributed by atoms with Gasteiger partial charge < -0.3 is 14.4 Å². The fourth-order valence-corrected chi connectivity index (χ4v) is 5.58. The van der Waals surface area contributed by atoms with Crippen molar-refractivity contribution < 1.29 is 45.7 Å². The predicted molar refractivity (Wildman–Crippen MR) is 181 cm³/mol. The van der Waals surface area contributed by atoms with Crippen LogP contribution in [0.15, 0.2) is 76.4 Å². The van der Waals surface area contributed by atoms with Crippen molar-refractivity contribution in [1.82, 2.24) is 19.4 Å². The van der Waals surface area contributed by atoms with Crippen LogP contribution in [0.3, 0.4) is 0 Å². The van der Waals surface area contributed by atoms with E-state index < -0.39 is 150 Å². The number of carbonyl (C=O) groups is 1. The molecule has 254 valence electrons. The van der Waals surface area contributed by atoms with Crippen molar-refractivity contribution in [2.75, 3.05) is 26.1 Å². The Balaban J connectivity index is 1.76. The molecule has 3 aromatic carbocycles. The molecule has 0 unspecified atom stereocenters. The molecule has 6 nitrogen and oxygen atoms in total. The van der Waals surface area contributed by atoms with Gasteiger partial charge in [0.2, 0.25) is 5.91 Å². The molecule has 1 aliphatic rings. The third kappa shape index (κ3) is 8.54. The van der Waals surface area contributed by atoms with E-state index in [1.165, 1.54) is 13.8 Å². The number of rotatable bonds is 13. The molecule has 0 saturated heterocycles. The van der Waals surface area contributed by atoms with E-state index in [0.29, 0.717) is 18.2 Å². The standard InChI is InChI=1S/C37H40F4N4O2S/c1-4-43(5-2)19-20-44(22-29-12-11-28(21-25(29)3)27-13-15-30(16-14-27)37(39,40)41)34(46)23-45-33-8-6-7-32(33)35(47)42-36(45)48-24-26-9-17-31(38)18-10-26/h9-18,21H,4-8,19-20,22-24H2,1-3H3/i9D,10D,11D,12D,13D,14D,15D,16D,17D,18D,19D2,20D2,21D,22D2. The van der Waals surface area contributed by atoms with Gasteiger partial charge in [-0.15, -0.1) is 0 Å². The van der Waals surface area contributed by atoms with E-state index in [4.69, 9.17) is 17.8 Å². The minimum Gasteiger partial charge on any atom is -0.336 e. The Labute approximate surface area is 306 Å². The molecule has 0 saturated carbocycles. The van der Waals surface area contributed by atoms with Crippen molar-refractivity contribution in [1.29, 1.82) is 0 Å². The number of aromatic nitrogens is 2. The van der Waals surface area contributed by atoms with Crippen LogP contribution in [-0.2, 0) is 42.6 Å². The molecule has 5 rings (SSSR count). The first-order valence-corrected chi connectivity index (χ1v) is 15.7. The monoisotopic (exact) mass is 697 g/mol. The Bertz CT molecular complexity index is 2590. The van der Waals surface area contributed by atoms with Gasteiger partial charge in [-0.05, 0) is 91.3 Å². The van der Waals surface area contributed by atoms with E-state index >= 15 is 0 Å². The number of hydrogen-bond acceptors (Lipinski definition) is 5. The van der Waals surface area contributed by atoms with Gasteiger partial charge in [0.25, 0.3) is 5.56 Å². The highest BCUT2D eigenvalue weighted by Gasteiger charge is 2.30. The number of fused-ring (bicyclic) bond motifs is 1. The topological polar surface area (TPSA) is 58.4 Å². The van der Waals surface area contributed by atoms with Gasteiger partial charge in [-0.25, -0.2) is 4.39 Å². The van der Waals surface area contributed by atoms with Crippen LogP contribution < -0.4 is 5.56 Å². The Morgan fingerprint density at radius 2 is 1.69 bits per heavy atom. The quantitative estimate of drug-likeness (QED) is 0.0822. The highest BCUT2D eigenvalue weighted by molar-refractivity contribution is 7.98. The molecule has 0 spiro atoms. The van der Waals surface area contributed by atoms with E-state index in [2.05, 4.69) is 4.98 Å². The van der Waals surface area contributed by atoms with E-state index in [0.717, 1.165) is 16.4 Å². The van der Waals surface area contributed by atoms with Crippen LogP contribution >= 0.6 is 11.8 Å². The fourth-order valence-electron chi connectivity index (χ4n) is 4.68. The summed E-state index contributed by atoms with van der Waals surface area (Å²) in [7, 11) is 0. The van der Waals surface area contributed by atoms with Gasteiger partial charge in [-0.3, -0.25) is 9.59 Å². The molecular weight excluding hydrogens is 640 g/mol. The number of halogens is 4. The SMILES string of the molecule is [2H]c1c([2H])c(CSc2nc(=O)c3c(n2CC(=O)N(C([2H])([2H])c2c([2H])c([2H])c(-c4c([2H])c([2H])c(C(F)(F)F)c([2H])c4[2H])c([2H])c2C)C([2H])([2H])C([2H])([2H])N(CC)CC)CCC3)c([2H])c([2H])c1F. The van der Waals surface area contributed by atoms with Crippen LogP contribution in [0.2, 0.25) is 0 Å². The van der Waals surface area contributed by atoms with Gasteiger partial charge in [-0.1, -0.05) is 67.9 Å². The minimum absolute atomic E-state index is 0.119. The summed E-state index contributed by atoms with van der Waals surface area (Å²) in [5.74, 6) is -3.46. The molecule has 1 amide bonds. The van der Waals surface area contributed by atoms with Crippen LogP contribution in [0.4, 0.5) is 17.6 Å². The lowest BCUT2D eigenvalue weighted by molar-refractivity contribution is -0.137. The smallest absolute Gasteiger partial charge is 0.336 e. The number of hydrogen-bond donors (Lipinski definition) is 0. The molecule has 48 heavy (non-hydrogen) atoms. The lowest BCUT2D eigenvalue weighted by Gasteiger charge is -2.28. The van der Waals surface area contributed by atoms with Gasteiger partial charge in [-0.2, -0.15) is 18.2 Å². The Morgan fingerprint density at radius 3 is 2.35 bits per heavy atom. The summed E-state index contributed by atoms with van der Waals surface area (Å²) in [6.07, 6.45) is -4.72. The average molecular weight is 698 g/mol. The molecule has 0 N–H and O–H groups in total. The molecule has 1 aromatic heterocycles. The highest BCUT2D eigenvalue weighted by atomic mass is 32.2. The molecule has 0 fully saturated rings. The van der Waals surface area contributed by atoms with Crippen molar-refractivity contribution in [2.45, 2.75) is 70.2 Å². The van der Waals surface area contributed by atoms with Gasteiger partial charge in [0.15, 0.2) is 5.16 Å². The number of benzene rings is 3. The fraction of sp³-hybridized carbons (Fsp3) is 0.378. The van der Waals surface area contributed by atoms with Crippen molar-refractivity contribution >= 4 is 17.7 Å². The minimum atomic E-state index is -5.36. The average Bonchev–Trinajstić information content (AvgIpc) is 3.71. The normalized spacial score (nSPS) is 18.8. The highest BCUT2D eigenvalue weighted by Crippen LogP contribution is 2.32. The molecule has 11 heteroatoms. The summed E-state index contributed by atoms with van der Waals surface area (Å²) in [5, 5.41) is -0.321. The zero-order valence-corrected chi connectivity index (χ0v) is 26.8. The zero-order valence-electron chi connectivity index (χ0n) is 43.0. The maximum Gasteiger partial charge on any atom is 0.416 e. The Hall–Kier alpha value is -3.96. The number of alkyl halides is 3. The number of thioether (sulfide) groups is 1. The summed E-state index contributed by atoms with van der Waals surface area (Å²) < 4.78 is 204. The van der Waals surface area contributed by atoms with Crippen LogP contribution in [0, 0.1) is 12.7 Å². The van der Waals surface area contributed by atoms with Gasteiger partial charge in [0.1, 0.15) is 12.4 Å². The van der Waals surface area contributed by atoms with Gasteiger partial charge in [0.05, 0.1) is 26.1 Å². The second-order valence-corrected chi connectivity index (χ2v) is 11.3. The van der Waals surface area contributed by atoms with Gasteiger partial charge >= 0.3 is 6.18 Å². The lowest BCUT2D eigenvalue weighted by atomic mass is 9.98. The van der Waals surface area contributed by atoms with Crippen LogP contribution in [0.25, 0.3) is 11.1 Å². The number of likely N-dealkylation sites (N-methyl/N-ethyl adjacent to an activating group) is 1. The predicted octanol–water partition coefficient (Wildman–Crippen LogP) is 7.53. The summed E-state index contributed by atoms with van der Waals surface area (Å²) >= 11 is 0.612. The number of carbonyl (C=O) groups excluding carboxylic acids is 1. The second kappa shape index (κ2) is 15.5. The first kappa shape index (κ1) is 19.3. The van der Waals surface area contributed by atoms with E-state index in [-0.39, 0.29) is 52.8 Å². The van der Waals surface area contributed by atoms with Crippen molar-refractivity contribution in [3.05, 3.63) is 116 Å². The number of amides is 1. The molecule has 0 radical (unpaired) electrons. The molecule has 0 bridgehead atoms. The zero-order chi connectivity index (χ0) is 49.4. The van der Waals surface area contributed by atoms with E-state index in [9.17, 15) is 32.6 Å². The lowest BCUT2D eigenvalue weighted by Crippen LogP contribution is -2.40. The molecule has 0 atom stereocenters. The number of nitrogens with zero attached hydrogens (tertiary/aromatic N) is 4. The summed E-state index contributed by atoms with van der Waals surface area (Å²) in [6, 6.07) is -12.8. The molecule has 4 aromatic rings.